The zero-order valence-corrected chi connectivity index (χ0v) is 10.4. The fourth-order valence-corrected chi connectivity index (χ4v) is 2.92. The highest BCUT2D eigenvalue weighted by molar-refractivity contribution is 8.55. The largest absolute Gasteiger partial charge is 0.325 e. The Balaban J connectivity index is 3.45. The van der Waals surface area contributed by atoms with Gasteiger partial charge in [-0.2, -0.15) is 0 Å². The summed E-state index contributed by atoms with van der Waals surface area (Å²) in [7, 11) is 1.48. The molecule has 0 saturated heterocycles. The highest BCUT2D eigenvalue weighted by atomic mass is 32.7. The lowest BCUT2D eigenvalue weighted by atomic mass is 10.2. The minimum atomic E-state index is -2.56. The van der Waals surface area contributed by atoms with Crippen LogP contribution in [0.25, 0.3) is 0 Å². The summed E-state index contributed by atoms with van der Waals surface area (Å²) < 4.78 is 16.5. The van der Waals surface area contributed by atoms with Crippen LogP contribution in [0.15, 0.2) is 0 Å². The molecule has 5 heteroatoms. The Bertz CT molecular complexity index is 158. The van der Waals surface area contributed by atoms with Crippen LogP contribution in [0.1, 0.15) is 32.6 Å². The average Bonchev–Trinajstić information content (AvgIpc) is 2.17. The predicted octanol–water partition coefficient (Wildman–Crippen LogP) is 3.27. The monoisotopic (exact) mass is 225 g/mol. The highest BCUT2D eigenvalue weighted by Gasteiger charge is 2.17. The molecule has 0 aliphatic carbocycles. The average molecular weight is 225 g/mol. The van der Waals surface area contributed by atoms with E-state index in [0.717, 1.165) is 13.0 Å². The molecule has 1 unspecified atom stereocenters. The van der Waals surface area contributed by atoms with Gasteiger partial charge in [0, 0.05) is 13.7 Å². The molecule has 0 rings (SSSR count). The van der Waals surface area contributed by atoms with Crippen molar-refractivity contribution in [2.45, 2.75) is 32.6 Å². The second kappa shape index (κ2) is 7.86. The van der Waals surface area contributed by atoms with Crippen molar-refractivity contribution in [3.63, 3.8) is 0 Å². The molecular weight excluding hydrogens is 205 g/mol. The van der Waals surface area contributed by atoms with Gasteiger partial charge in [-0.1, -0.05) is 37.6 Å². The maximum Gasteiger partial charge on any atom is 0.325 e. The molecule has 3 nitrogen and oxygen atoms in total. The van der Waals surface area contributed by atoms with E-state index in [1.807, 2.05) is 0 Å². The van der Waals surface area contributed by atoms with Crippen LogP contribution in [0.5, 0.6) is 0 Å². The number of hydrogen-bond acceptors (Lipinski definition) is 3. The predicted molar refractivity (Wildman–Crippen MR) is 60.3 cm³/mol. The molecule has 80 valence electrons. The van der Waals surface area contributed by atoms with E-state index in [4.69, 9.17) is 4.52 Å². The van der Waals surface area contributed by atoms with E-state index >= 15 is 0 Å². The van der Waals surface area contributed by atoms with Gasteiger partial charge in [0.25, 0.3) is 0 Å². The molecule has 1 atom stereocenters. The van der Waals surface area contributed by atoms with E-state index in [1.165, 1.54) is 37.8 Å². The second-order valence-electron chi connectivity index (χ2n) is 2.83. The normalized spacial score (nSPS) is 15.6. The van der Waals surface area contributed by atoms with Crippen LogP contribution in [-0.4, -0.2) is 19.9 Å². The summed E-state index contributed by atoms with van der Waals surface area (Å²) in [4.78, 5) is 0. The Kier molecular flexibility index (Phi) is 8.17. The van der Waals surface area contributed by atoms with Gasteiger partial charge in [0.2, 0.25) is 0 Å². The minimum Gasteiger partial charge on any atom is -0.313 e. The summed E-state index contributed by atoms with van der Waals surface area (Å²) in [6.45, 7) is 0.397. The van der Waals surface area contributed by atoms with Gasteiger partial charge in [0.05, 0.1) is 0 Å². The first-order chi connectivity index (χ1) is 6.18. The van der Waals surface area contributed by atoms with Crippen molar-refractivity contribution in [2.75, 3.05) is 19.9 Å². The van der Waals surface area contributed by atoms with E-state index in [2.05, 4.69) is 12.0 Å². The summed E-state index contributed by atoms with van der Waals surface area (Å²) in [5.74, 6) is 0. The third-order valence-electron chi connectivity index (χ3n) is 1.82. The Hall–Kier alpha value is 0.500. The van der Waals surface area contributed by atoms with Crippen molar-refractivity contribution in [1.82, 2.24) is 5.09 Å². The van der Waals surface area contributed by atoms with E-state index in [9.17, 15) is 4.57 Å². The summed E-state index contributed by atoms with van der Waals surface area (Å²) in [5.41, 5.74) is 0. The third kappa shape index (κ3) is 6.55. The van der Waals surface area contributed by atoms with Gasteiger partial charge in [-0.3, -0.25) is 4.57 Å². The van der Waals surface area contributed by atoms with E-state index in [-0.39, 0.29) is 0 Å². The van der Waals surface area contributed by atoms with Crippen LogP contribution in [0.2, 0.25) is 0 Å². The molecule has 13 heavy (non-hydrogen) atoms. The summed E-state index contributed by atoms with van der Waals surface area (Å²) in [6.07, 6.45) is 6.54. The summed E-state index contributed by atoms with van der Waals surface area (Å²) >= 11 is 1.26. The Labute approximate surface area is 85.3 Å². The van der Waals surface area contributed by atoms with Crippen LogP contribution >= 0.6 is 18.1 Å². The summed E-state index contributed by atoms with van der Waals surface area (Å²) in [6, 6.07) is 0. The van der Waals surface area contributed by atoms with Crippen molar-refractivity contribution in [1.29, 1.82) is 0 Å². The maximum atomic E-state index is 11.6. The van der Waals surface area contributed by atoms with Crippen molar-refractivity contribution in [3.8, 4) is 0 Å². The first kappa shape index (κ1) is 13.5. The van der Waals surface area contributed by atoms with Gasteiger partial charge in [-0.15, -0.1) is 0 Å². The number of nitrogens with one attached hydrogen (secondary N) is 1. The molecule has 0 heterocycles. The van der Waals surface area contributed by atoms with Crippen molar-refractivity contribution in [3.05, 3.63) is 0 Å². The van der Waals surface area contributed by atoms with Gasteiger partial charge in [-0.05, 0) is 12.7 Å². The fourth-order valence-electron chi connectivity index (χ4n) is 0.971. The second-order valence-corrected chi connectivity index (χ2v) is 7.41. The third-order valence-corrected chi connectivity index (χ3v) is 5.67. The lowest BCUT2D eigenvalue weighted by molar-refractivity contribution is 0.398. The first-order valence-electron chi connectivity index (χ1n) is 4.65. The molecular formula is C8H20NO2PS. The molecule has 0 aromatic rings. The van der Waals surface area contributed by atoms with Gasteiger partial charge < -0.3 is 4.52 Å². The number of hydrogen-bond donors (Lipinski definition) is 1. The molecule has 0 bridgehead atoms. The Morgan fingerprint density at radius 3 is 2.54 bits per heavy atom. The smallest absolute Gasteiger partial charge is 0.313 e. The minimum absolute atomic E-state index is 0.784. The Morgan fingerprint density at radius 1 is 1.38 bits per heavy atom. The number of unbranched alkanes of at least 4 members (excludes halogenated alkanes) is 3. The molecule has 1 N–H and O–H groups in total. The zero-order valence-electron chi connectivity index (χ0n) is 8.71. The molecule has 0 aromatic carbocycles. The van der Waals surface area contributed by atoms with Gasteiger partial charge in [-0.25, -0.2) is 5.09 Å². The van der Waals surface area contributed by atoms with Crippen molar-refractivity contribution in [2.24, 2.45) is 0 Å². The van der Waals surface area contributed by atoms with Crippen molar-refractivity contribution >= 4 is 18.1 Å². The van der Waals surface area contributed by atoms with Crippen LogP contribution in [0.3, 0.4) is 0 Å². The summed E-state index contributed by atoms with van der Waals surface area (Å²) in [5, 5.41) is 2.95. The molecule has 0 aliphatic heterocycles. The molecule has 0 saturated carbocycles. The van der Waals surface area contributed by atoms with Gasteiger partial charge in [0.1, 0.15) is 0 Å². The van der Waals surface area contributed by atoms with Crippen LogP contribution in [-0.2, 0) is 9.09 Å². The van der Waals surface area contributed by atoms with E-state index in [1.54, 1.807) is 6.26 Å². The van der Waals surface area contributed by atoms with E-state index < -0.39 is 6.72 Å². The lowest BCUT2D eigenvalue weighted by Crippen LogP contribution is -2.10. The molecule has 0 radical (unpaired) electrons. The molecule has 0 spiro atoms. The molecule has 0 aromatic heterocycles. The molecule has 0 aliphatic rings. The molecule has 0 fully saturated rings. The topological polar surface area (TPSA) is 38.3 Å². The zero-order chi connectivity index (χ0) is 10.2. The first-order valence-corrected chi connectivity index (χ1v) is 8.10. The Morgan fingerprint density at radius 2 is 2.08 bits per heavy atom. The van der Waals surface area contributed by atoms with Crippen LogP contribution in [0, 0.1) is 0 Å². The molecule has 0 amide bonds. The fraction of sp³-hybridized carbons (Fsp3) is 1.00. The van der Waals surface area contributed by atoms with Crippen LogP contribution in [0.4, 0.5) is 0 Å². The van der Waals surface area contributed by atoms with Crippen molar-refractivity contribution < 1.29 is 9.09 Å². The maximum absolute atomic E-state index is 11.6. The lowest BCUT2D eigenvalue weighted by Gasteiger charge is -2.13. The van der Waals surface area contributed by atoms with E-state index in [0.29, 0.717) is 0 Å². The van der Waals surface area contributed by atoms with Crippen LogP contribution < -0.4 is 5.09 Å². The standard InChI is InChI=1S/C8H20NO2PS/c1-4-5-6-7-8-9-12(10,11-2)13-3/h4-8H2,1-3H3,(H,9,10). The van der Waals surface area contributed by atoms with Gasteiger partial charge in [0.15, 0.2) is 0 Å². The van der Waals surface area contributed by atoms with Gasteiger partial charge >= 0.3 is 6.72 Å². The number of rotatable bonds is 8. The quantitative estimate of drug-likeness (QED) is 0.508. The SMILES string of the molecule is CCCCCCNP(=O)(OC)SC. The highest BCUT2D eigenvalue weighted by Crippen LogP contribution is 2.53.